The van der Waals surface area contributed by atoms with Crippen LogP contribution in [0.3, 0.4) is 0 Å². The number of likely N-dealkylation sites (N-methyl/N-ethyl adjacent to an activating group) is 1. The van der Waals surface area contributed by atoms with Gasteiger partial charge in [0.25, 0.3) is 0 Å². The lowest BCUT2D eigenvalue weighted by Gasteiger charge is -2.36. The molecule has 37 heavy (non-hydrogen) atoms. The Hall–Kier alpha value is -3.98. The normalized spacial score (nSPS) is 13.5. The first-order valence-corrected chi connectivity index (χ1v) is 12.7. The molecular formula is C28H35N7O2. The summed E-state index contributed by atoms with van der Waals surface area (Å²) in [5.41, 5.74) is 4.54. The SMILES string of the molecule is CCCC(=O)Nc1ccc(-c2ccnc(Nc3ccc(N4CCN(C(=O)CN(C)C)CC4)cc3)n2)cc1. The van der Waals surface area contributed by atoms with E-state index in [0.29, 0.717) is 18.9 Å². The van der Waals surface area contributed by atoms with Crippen molar-refractivity contribution in [1.82, 2.24) is 19.8 Å². The van der Waals surface area contributed by atoms with Gasteiger partial charge in [-0.15, -0.1) is 0 Å². The predicted octanol–water partition coefficient (Wildman–Crippen LogP) is 3.84. The number of benzene rings is 2. The van der Waals surface area contributed by atoms with Crippen molar-refractivity contribution in [1.29, 1.82) is 0 Å². The van der Waals surface area contributed by atoms with Gasteiger partial charge in [0.15, 0.2) is 0 Å². The first-order valence-electron chi connectivity index (χ1n) is 12.7. The van der Waals surface area contributed by atoms with Crippen LogP contribution in [0.2, 0.25) is 0 Å². The molecule has 0 atom stereocenters. The van der Waals surface area contributed by atoms with Crippen LogP contribution in [0.5, 0.6) is 0 Å². The van der Waals surface area contributed by atoms with Crippen LogP contribution in [0.25, 0.3) is 11.3 Å². The van der Waals surface area contributed by atoms with Gasteiger partial charge in [-0.1, -0.05) is 19.1 Å². The van der Waals surface area contributed by atoms with Gasteiger partial charge in [-0.25, -0.2) is 9.97 Å². The van der Waals surface area contributed by atoms with Crippen molar-refractivity contribution in [3.8, 4) is 11.3 Å². The first-order chi connectivity index (χ1) is 17.9. The molecule has 0 aliphatic carbocycles. The quantitative estimate of drug-likeness (QED) is 0.460. The Morgan fingerprint density at radius 1 is 0.919 bits per heavy atom. The van der Waals surface area contributed by atoms with Gasteiger partial charge >= 0.3 is 0 Å². The summed E-state index contributed by atoms with van der Waals surface area (Å²) in [6, 6.07) is 17.7. The van der Waals surface area contributed by atoms with E-state index in [9.17, 15) is 9.59 Å². The van der Waals surface area contributed by atoms with Crippen LogP contribution in [0.1, 0.15) is 19.8 Å². The molecule has 2 amide bonds. The van der Waals surface area contributed by atoms with E-state index in [1.165, 1.54) is 0 Å². The standard InChI is InChI=1S/C28H35N7O2/c1-4-5-26(36)30-22-8-6-21(7-9-22)25-14-15-29-28(32-25)31-23-10-12-24(13-11-23)34-16-18-35(19-17-34)27(37)20-33(2)3/h6-15H,4-5,16-20H2,1-3H3,(H,30,36)(H,29,31,32). The fourth-order valence-corrected chi connectivity index (χ4v) is 4.22. The first kappa shape index (κ1) is 26.1. The lowest BCUT2D eigenvalue weighted by molar-refractivity contribution is -0.132. The van der Waals surface area contributed by atoms with E-state index in [1.54, 1.807) is 6.20 Å². The molecule has 2 heterocycles. The van der Waals surface area contributed by atoms with E-state index in [-0.39, 0.29) is 11.8 Å². The van der Waals surface area contributed by atoms with Crippen LogP contribution < -0.4 is 15.5 Å². The van der Waals surface area contributed by atoms with Gasteiger partial charge in [-0.3, -0.25) is 9.59 Å². The number of nitrogens with one attached hydrogen (secondary N) is 2. The summed E-state index contributed by atoms with van der Waals surface area (Å²) in [4.78, 5) is 39.3. The molecule has 2 N–H and O–H groups in total. The largest absolute Gasteiger partial charge is 0.368 e. The molecule has 0 spiro atoms. The minimum atomic E-state index is 0.0205. The second-order valence-electron chi connectivity index (χ2n) is 9.42. The van der Waals surface area contributed by atoms with Crippen LogP contribution in [0, 0.1) is 0 Å². The highest BCUT2D eigenvalue weighted by atomic mass is 16.2. The molecule has 1 aliphatic rings. The average molecular weight is 502 g/mol. The molecule has 1 aliphatic heterocycles. The van der Waals surface area contributed by atoms with Crippen LogP contribution in [-0.2, 0) is 9.59 Å². The summed E-state index contributed by atoms with van der Waals surface area (Å²) in [5.74, 6) is 0.715. The van der Waals surface area contributed by atoms with Crippen molar-refractivity contribution >= 4 is 34.8 Å². The molecule has 194 valence electrons. The third-order valence-corrected chi connectivity index (χ3v) is 6.17. The van der Waals surface area contributed by atoms with Gasteiger partial charge in [-0.2, -0.15) is 0 Å². The summed E-state index contributed by atoms with van der Waals surface area (Å²) >= 11 is 0. The molecule has 0 unspecified atom stereocenters. The Morgan fingerprint density at radius 3 is 2.24 bits per heavy atom. The number of carbonyl (C=O) groups excluding carboxylic acids is 2. The van der Waals surface area contributed by atoms with Gasteiger partial charge in [-0.05, 0) is 63.0 Å². The van der Waals surface area contributed by atoms with Crippen molar-refractivity contribution < 1.29 is 9.59 Å². The van der Waals surface area contributed by atoms with Gasteiger partial charge < -0.3 is 25.3 Å². The highest BCUT2D eigenvalue weighted by molar-refractivity contribution is 5.90. The zero-order valence-electron chi connectivity index (χ0n) is 21.8. The lowest BCUT2D eigenvalue weighted by Crippen LogP contribution is -2.50. The van der Waals surface area contributed by atoms with Crippen molar-refractivity contribution in [2.45, 2.75) is 19.8 Å². The zero-order chi connectivity index (χ0) is 26.2. The number of carbonyl (C=O) groups is 2. The minimum Gasteiger partial charge on any atom is -0.368 e. The summed E-state index contributed by atoms with van der Waals surface area (Å²) in [6.45, 7) is 5.54. The van der Waals surface area contributed by atoms with Crippen LogP contribution in [0.15, 0.2) is 60.8 Å². The molecule has 9 heteroatoms. The number of rotatable bonds is 9. The van der Waals surface area contributed by atoms with Crippen LogP contribution in [0.4, 0.5) is 23.0 Å². The molecule has 9 nitrogen and oxygen atoms in total. The molecule has 4 rings (SSSR count). The number of aromatic nitrogens is 2. The van der Waals surface area contributed by atoms with E-state index in [2.05, 4.69) is 37.6 Å². The number of anilines is 4. The average Bonchev–Trinajstić information content (AvgIpc) is 2.90. The van der Waals surface area contributed by atoms with E-state index in [4.69, 9.17) is 0 Å². The number of nitrogens with zero attached hydrogens (tertiary/aromatic N) is 5. The van der Waals surface area contributed by atoms with Gasteiger partial charge in [0, 0.05) is 61.4 Å². The smallest absolute Gasteiger partial charge is 0.236 e. The van der Waals surface area contributed by atoms with Crippen LogP contribution >= 0.6 is 0 Å². The zero-order valence-corrected chi connectivity index (χ0v) is 21.8. The molecule has 1 fully saturated rings. The van der Waals surface area contributed by atoms with E-state index in [0.717, 1.165) is 60.9 Å². The summed E-state index contributed by atoms with van der Waals surface area (Å²) < 4.78 is 0. The molecule has 0 bridgehead atoms. The third kappa shape index (κ3) is 7.27. The summed E-state index contributed by atoms with van der Waals surface area (Å²) in [6.07, 6.45) is 3.06. The van der Waals surface area contributed by atoms with E-state index < -0.39 is 0 Å². The Kier molecular flexibility index (Phi) is 8.68. The molecule has 3 aromatic rings. The van der Waals surface area contributed by atoms with Crippen molar-refractivity contribution in [3.63, 3.8) is 0 Å². The fraction of sp³-hybridized carbons (Fsp3) is 0.357. The molecular weight excluding hydrogens is 466 g/mol. The Morgan fingerprint density at radius 2 is 1.59 bits per heavy atom. The molecule has 1 saturated heterocycles. The maximum absolute atomic E-state index is 12.3. The van der Waals surface area contributed by atoms with E-state index in [1.807, 2.05) is 73.3 Å². The Bertz CT molecular complexity index is 1190. The highest BCUT2D eigenvalue weighted by Crippen LogP contribution is 2.24. The van der Waals surface area contributed by atoms with Crippen molar-refractivity contribution in [2.24, 2.45) is 0 Å². The lowest BCUT2D eigenvalue weighted by atomic mass is 10.1. The molecule has 0 radical (unpaired) electrons. The Labute approximate surface area is 218 Å². The number of piperazine rings is 1. The van der Waals surface area contributed by atoms with Crippen LogP contribution in [-0.4, -0.2) is 78.4 Å². The highest BCUT2D eigenvalue weighted by Gasteiger charge is 2.21. The van der Waals surface area contributed by atoms with E-state index >= 15 is 0 Å². The number of hydrogen-bond acceptors (Lipinski definition) is 7. The van der Waals surface area contributed by atoms with Gasteiger partial charge in [0.1, 0.15) is 0 Å². The second kappa shape index (κ2) is 12.3. The predicted molar refractivity (Wildman–Crippen MR) is 148 cm³/mol. The van der Waals surface area contributed by atoms with Crippen molar-refractivity contribution in [3.05, 3.63) is 60.8 Å². The minimum absolute atomic E-state index is 0.0205. The Balaban J connectivity index is 1.34. The summed E-state index contributed by atoms with van der Waals surface area (Å²) in [7, 11) is 3.83. The van der Waals surface area contributed by atoms with Gasteiger partial charge in [0.2, 0.25) is 17.8 Å². The molecule has 0 saturated carbocycles. The van der Waals surface area contributed by atoms with Gasteiger partial charge in [0.05, 0.1) is 12.2 Å². The monoisotopic (exact) mass is 501 g/mol. The molecule has 2 aromatic carbocycles. The number of amides is 2. The fourth-order valence-electron chi connectivity index (χ4n) is 4.22. The third-order valence-electron chi connectivity index (χ3n) is 6.17. The summed E-state index contributed by atoms with van der Waals surface area (Å²) in [5, 5.41) is 6.18. The van der Waals surface area contributed by atoms with Crippen molar-refractivity contribution in [2.75, 3.05) is 62.4 Å². The topological polar surface area (TPSA) is 93.7 Å². The maximum Gasteiger partial charge on any atom is 0.236 e. The second-order valence-corrected chi connectivity index (χ2v) is 9.42. The number of hydrogen-bond donors (Lipinski definition) is 2. The molecule has 1 aromatic heterocycles. The maximum atomic E-state index is 12.3.